The fourth-order valence-corrected chi connectivity index (χ4v) is 2.44. The minimum absolute atomic E-state index is 0.102. The van der Waals surface area contributed by atoms with Crippen molar-refractivity contribution in [2.24, 2.45) is 4.99 Å². The molecule has 142 valence electrons. The average molecular weight is 361 g/mol. The Balaban J connectivity index is 2.05. The van der Waals surface area contributed by atoms with Crippen LogP contribution < -0.4 is 15.4 Å². The molecule has 0 spiro atoms. The van der Waals surface area contributed by atoms with Gasteiger partial charge in [-0.05, 0) is 50.1 Å². The number of nitrogens with one attached hydrogen (secondary N) is 2. The van der Waals surface area contributed by atoms with Crippen LogP contribution >= 0.6 is 0 Å². The van der Waals surface area contributed by atoms with Crippen LogP contribution in [0.2, 0.25) is 0 Å². The van der Waals surface area contributed by atoms with Crippen LogP contribution in [0.5, 0.6) is 5.75 Å². The number of rotatable bonds is 8. The van der Waals surface area contributed by atoms with Crippen molar-refractivity contribution in [2.45, 2.75) is 45.7 Å². The molecule has 0 amide bonds. The fourth-order valence-electron chi connectivity index (χ4n) is 2.44. The molecule has 2 atom stereocenters. The van der Waals surface area contributed by atoms with Gasteiger partial charge in [0, 0.05) is 19.0 Å². The van der Waals surface area contributed by atoms with E-state index in [-0.39, 0.29) is 23.7 Å². The van der Waals surface area contributed by atoms with Gasteiger partial charge in [-0.3, -0.25) is 4.99 Å². The van der Waals surface area contributed by atoms with Crippen molar-refractivity contribution >= 4 is 5.96 Å². The Kier molecular flexibility index (Phi) is 7.51. The number of benzene rings is 1. The molecule has 1 heterocycles. The van der Waals surface area contributed by atoms with Crippen molar-refractivity contribution in [3.63, 3.8) is 0 Å². The number of nitrogens with zero attached hydrogens (tertiary/aromatic N) is 1. The van der Waals surface area contributed by atoms with Gasteiger partial charge in [-0.15, -0.1) is 0 Å². The lowest BCUT2D eigenvalue weighted by Crippen LogP contribution is -2.43. The fraction of sp³-hybridized carbons (Fsp3) is 0.450. The summed E-state index contributed by atoms with van der Waals surface area (Å²) in [6.45, 7) is 6.78. The molecule has 2 unspecified atom stereocenters. The Hall–Kier alpha value is -2.50. The SMILES string of the molecule is CCC(C)NC(=NCCc1ccco1)NC(C)c1ccc(OC)c(F)c1. The monoisotopic (exact) mass is 361 g/mol. The van der Waals surface area contributed by atoms with Crippen LogP contribution in [0.15, 0.2) is 46.0 Å². The zero-order chi connectivity index (χ0) is 18.9. The molecule has 0 bridgehead atoms. The lowest BCUT2D eigenvalue weighted by atomic mass is 10.1. The molecule has 5 nitrogen and oxygen atoms in total. The Labute approximate surface area is 154 Å². The molecule has 26 heavy (non-hydrogen) atoms. The smallest absolute Gasteiger partial charge is 0.191 e. The van der Waals surface area contributed by atoms with Crippen LogP contribution in [0, 0.1) is 5.82 Å². The Morgan fingerprint density at radius 2 is 2.08 bits per heavy atom. The van der Waals surface area contributed by atoms with E-state index in [4.69, 9.17) is 9.15 Å². The van der Waals surface area contributed by atoms with Gasteiger partial charge in [-0.2, -0.15) is 0 Å². The van der Waals surface area contributed by atoms with Crippen LogP contribution in [0.4, 0.5) is 4.39 Å². The number of aliphatic imine (C=N–C) groups is 1. The zero-order valence-corrected chi connectivity index (χ0v) is 15.9. The van der Waals surface area contributed by atoms with Gasteiger partial charge in [0.2, 0.25) is 0 Å². The highest BCUT2D eigenvalue weighted by Gasteiger charge is 2.12. The number of guanidine groups is 1. The van der Waals surface area contributed by atoms with E-state index >= 15 is 0 Å². The summed E-state index contributed by atoms with van der Waals surface area (Å²) in [7, 11) is 1.46. The third-order valence-corrected chi connectivity index (χ3v) is 4.23. The summed E-state index contributed by atoms with van der Waals surface area (Å²) in [5, 5.41) is 6.72. The quantitative estimate of drug-likeness (QED) is 0.550. The predicted molar refractivity (Wildman–Crippen MR) is 102 cm³/mol. The highest BCUT2D eigenvalue weighted by molar-refractivity contribution is 5.80. The van der Waals surface area contributed by atoms with Crippen molar-refractivity contribution in [2.75, 3.05) is 13.7 Å². The van der Waals surface area contributed by atoms with Gasteiger partial charge in [0.15, 0.2) is 17.5 Å². The maximum atomic E-state index is 14.0. The molecule has 0 radical (unpaired) electrons. The molecule has 2 aromatic rings. The van der Waals surface area contributed by atoms with Gasteiger partial charge < -0.3 is 19.8 Å². The molecular formula is C20H28FN3O2. The van der Waals surface area contributed by atoms with E-state index < -0.39 is 0 Å². The topological polar surface area (TPSA) is 58.8 Å². The molecule has 0 aliphatic carbocycles. The summed E-state index contributed by atoms with van der Waals surface area (Å²) in [4.78, 5) is 4.62. The number of methoxy groups -OCH3 is 1. The summed E-state index contributed by atoms with van der Waals surface area (Å²) in [6, 6.07) is 8.96. The number of halogens is 1. The van der Waals surface area contributed by atoms with Crippen molar-refractivity contribution in [1.82, 2.24) is 10.6 Å². The van der Waals surface area contributed by atoms with Gasteiger partial charge in [-0.25, -0.2) is 4.39 Å². The third-order valence-electron chi connectivity index (χ3n) is 4.23. The van der Waals surface area contributed by atoms with Gasteiger partial charge in [0.1, 0.15) is 5.76 Å². The summed E-state index contributed by atoms with van der Waals surface area (Å²) in [5.74, 6) is 1.48. The van der Waals surface area contributed by atoms with Crippen LogP contribution in [-0.2, 0) is 6.42 Å². The summed E-state index contributed by atoms with van der Waals surface area (Å²) in [5.41, 5.74) is 0.827. The number of hydrogen-bond acceptors (Lipinski definition) is 3. The molecule has 1 aromatic carbocycles. The maximum absolute atomic E-state index is 14.0. The predicted octanol–water partition coefficient (Wildman–Crippen LogP) is 4.06. The number of hydrogen-bond donors (Lipinski definition) is 2. The van der Waals surface area contributed by atoms with E-state index in [2.05, 4.69) is 29.5 Å². The lowest BCUT2D eigenvalue weighted by molar-refractivity contribution is 0.386. The van der Waals surface area contributed by atoms with Crippen molar-refractivity contribution in [1.29, 1.82) is 0 Å². The first-order valence-corrected chi connectivity index (χ1v) is 8.96. The van der Waals surface area contributed by atoms with E-state index in [1.807, 2.05) is 25.1 Å². The van der Waals surface area contributed by atoms with E-state index in [1.54, 1.807) is 12.3 Å². The van der Waals surface area contributed by atoms with Gasteiger partial charge in [0.25, 0.3) is 0 Å². The number of furan rings is 1. The van der Waals surface area contributed by atoms with Crippen molar-refractivity contribution < 1.29 is 13.5 Å². The van der Waals surface area contributed by atoms with Crippen LogP contribution in [-0.4, -0.2) is 25.7 Å². The second-order valence-corrected chi connectivity index (χ2v) is 6.27. The Morgan fingerprint density at radius 3 is 2.69 bits per heavy atom. The highest BCUT2D eigenvalue weighted by atomic mass is 19.1. The van der Waals surface area contributed by atoms with E-state index in [0.717, 1.165) is 24.2 Å². The molecular weight excluding hydrogens is 333 g/mol. The first-order valence-electron chi connectivity index (χ1n) is 8.96. The number of ether oxygens (including phenoxy) is 1. The zero-order valence-electron chi connectivity index (χ0n) is 15.9. The maximum Gasteiger partial charge on any atom is 0.191 e. The molecule has 0 aliphatic rings. The lowest BCUT2D eigenvalue weighted by Gasteiger charge is -2.21. The molecule has 0 saturated carbocycles. The normalized spacial score (nSPS) is 14.0. The molecule has 2 rings (SSSR count). The first kappa shape index (κ1) is 19.8. The van der Waals surface area contributed by atoms with Crippen molar-refractivity contribution in [3.05, 3.63) is 53.7 Å². The van der Waals surface area contributed by atoms with E-state index in [9.17, 15) is 4.39 Å². The van der Waals surface area contributed by atoms with E-state index in [0.29, 0.717) is 12.5 Å². The molecule has 6 heteroatoms. The van der Waals surface area contributed by atoms with Gasteiger partial charge in [0.05, 0.1) is 19.4 Å². The minimum atomic E-state index is -0.371. The van der Waals surface area contributed by atoms with Crippen molar-refractivity contribution in [3.8, 4) is 5.75 Å². The Morgan fingerprint density at radius 1 is 1.27 bits per heavy atom. The van der Waals surface area contributed by atoms with Crippen LogP contribution in [0.25, 0.3) is 0 Å². The molecule has 0 saturated heterocycles. The molecule has 2 N–H and O–H groups in total. The molecule has 1 aromatic heterocycles. The Bertz CT molecular complexity index is 701. The summed E-state index contributed by atoms with van der Waals surface area (Å²) >= 11 is 0. The molecule has 0 aliphatic heterocycles. The van der Waals surface area contributed by atoms with E-state index in [1.165, 1.54) is 13.2 Å². The standard InChI is InChI=1S/C20H28FN3O2/c1-5-14(2)23-20(22-11-10-17-7-6-12-26-17)24-15(3)16-8-9-19(25-4)18(21)13-16/h6-9,12-15H,5,10-11H2,1-4H3,(H2,22,23,24). The summed E-state index contributed by atoms with van der Waals surface area (Å²) in [6.07, 6.45) is 3.37. The van der Waals surface area contributed by atoms with Crippen LogP contribution in [0.1, 0.15) is 44.6 Å². The average Bonchev–Trinajstić information content (AvgIpc) is 3.14. The second kappa shape index (κ2) is 9.85. The highest BCUT2D eigenvalue weighted by Crippen LogP contribution is 2.21. The summed E-state index contributed by atoms with van der Waals surface area (Å²) < 4.78 is 24.3. The van der Waals surface area contributed by atoms with Gasteiger partial charge >= 0.3 is 0 Å². The van der Waals surface area contributed by atoms with Gasteiger partial charge in [-0.1, -0.05) is 13.0 Å². The largest absolute Gasteiger partial charge is 0.494 e. The third kappa shape index (κ3) is 5.79. The molecule has 0 fully saturated rings. The second-order valence-electron chi connectivity index (χ2n) is 6.27. The first-order chi connectivity index (χ1) is 12.5. The van der Waals surface area contributed by atoms with Crippen LogP contribution in [0.3, 0.4) is 0 Å². The minimum Gasteiger partial charge on any atom is -0.494 e.